The fourth-order valence-corrected chi connectivity index (χ4v) is 2.63. The Balaban J connectivity index is 1.90. The molecule has 1 aromatic carbocycles. The van der Waals surface area contributed by atoms with Crippen LogP contribution in [0.25, 0.3) is 0 Å². The number of nitrogens with zero attached hydrogens (tertiary/aromatic N) is 1. The number of halogens is 1. The maximum atomic E-state index is 12.1. The van der Waals surface area contributed by atoms with Gasteiger partial charge in [0.15, 0.2) is 0 Å². The second-order valence-corrected chi connectivity index (χ2v) is 5.62. The second kappa shape index (κ2) is 6.34. The van der Waals surface area contributed by atoms with Gasteiger partial charge in [0.1, 0.15) is 0 Å². The van der Waals surface area contributed by atoms with Crippen LogP contribution in [0, 0.1) is 6.92 Å². The van der Waals surface area contributed by atoms with Crippen LogP contribution in [0.3, 0.4) is 0 Å². The molecule has 1 aliphatic heterocycles. The van der Waals surface area contributed by atoms with Gasteiger partial charge >= 0.3 is 0 Å². The minimum Gasteiger partial charge on any atom is -0.340 e. The number of nitrogens with one attached hydrogen (secondary N) is 1. The number of aryl methyl sites for hydroxylation is 2. The van der Waals surface area contributed by atoms with E-state index in [2.05, 4.69) is 40.3 Å². The fraction of sp³-hybridized carbons (Fsp3) is 0.500. The molecule has 3 nitrogen and oxygen atoms in total. The van der Waals surface area contributed by atoms with Crippen molar-refractivity contribution in [3.8, 4) is 0 Å². The van der Waals surface area contributed by atoms with Crippen LogP contribution >= 0.6 is 15.9 Å². The van der Waals surface area contributed by atoms with Crippen molar-refractivity contribution in [1.29, 1.82) is 0 Å². The molecule has 2 rings (SSSR count). The molecule has 1 N–H and O–H groups in total. The highest BCUT2D eigenvalue weighted by Gasteiger charge is 2.15. The average molecular weight is 311 g/mol. The van der Waals surface area contributed by atoms with Crippen molar-refractivity contribution < 1.29 is 4.79 Å². The van der Waals surface area contributed by atoms with Crippen LogP contribution in [-0.2, 0) is 11.2 Å². The van der Waals surface area contributed by atoms with E-state index in [0.717, 1.165) is 37.1 Å². The number of carbonyl (C=O) groups is 1. The predicted octanol–water partition coefficient (Wildman–Crippen LogP) is 2.12. The molecule has 0 radical (unpaired) electrons. The number of piperazine rings is 1. The van der Waals surface area contributed by atoms with E-state index in [1.165, 1.54) is 11.1 Å². The van der Waals surface area contributed by atoms with Gasteiger partial charge in [-0.2, -0.15) is 0 Å². The Morgan fingerprint density at radius 3 is 2.83 bits per heavy atom. The molecule has 1 aromatic rings. The topological polar surface area (TPSA) is 32.3 Å². The lowest BCUT2D eigenvalue weighted by molar-refractivity contribution is -0.131. The lowest BCUT2D eigenvalue weighted by Crippen LogP contribution is -2.46. The quantitative estimate of drug-likeness (QED) is 0.927. The summed E-state index contributed by atoms with van der Waals surface area (Å²) in [6, 6.07) is 6.24. The van der Waals surface area contributed by atoms with Gasteiger partial charge in [-0.25, -0.2) is 0 Å². The van der Waals surface area contributed by atoms with Gasteiger partial charge in [0.05, 0.1) is 0 Å². The van der Waals surface area contributed by atoms with E-state index in [-0.39, 0.29) is 5.91 Å². The first-order valence-corrected chi connectivity index (χ1v) is 7.19. The summed E-state index contributed by atoms with van der Waals surface area (Å²) in [5, 5.41) is 3.26. The molecule has 0 unspecified atom stereocenters. The number of benzene rings is 1. The first-order chi connectivity index (χ1) is 8.66. The maximum Gasteiger partial charge on any atom is 0.222 e. The Kier molecular flexibility index (Phi) is 4.78. The standard InChI is InChI=1S/C14H19BrN2O/c1-11-2-4-13(15)10-12(11)3-5-14(18)17-8-6-16-7-9-17/h2,4,10,16H,3,5-9H2,1H3. The second-order valence-electron chi connectivity index (χ2n) is 4.70. The molecule has 0 bridgehead atoms. The highest BCUT2D eigenvalue weighted by molar-refractivity contribution is 9.10. The molecule has 1 fully saturated rings. The zero-order valence-corrected chi connectivity index (χ0v) is 12.3. The molecule has 1 amide bonds. The van der Waals surface area contributed by atoms with Crippen LogP contribution in [0.15, 0.2) is 22.7 Å². The van der Waals surface area contributed by atoms with Crippen molar-refractivity contribution in [3.05, 3.63) is 33.8 Å². The average Bonchev–Trinajstić information content (AvgIpc) is 2.40. The SMILES string of the molecule is Cc1ccc(Br)cc1CCC(=O)N1CCNCC1. The molecule has 0 atom stereocenters. The fourth-order valence-electron chi connectivity index (χ4n) is 2.22. The summed E-state index contributed by atoms with van der Waals surface area (Å²) in [6.45, 7) is 5.62. The highest BCUT2D eigenvalue weighted by atomic mass is 79.9. The van der Waals surface area contributed by atoms with Crippen molar-refractivity contribution in [1.82, 2.24) is 10.2 Å². The van der Waals surface area contributed by atoms with Gasteiger partial charge < -0.3 is 10.2 Å². The Morgan fingerprint density at radius 1 is 1.39 bits per heavy atom. The molecule has 1 saturated heterocycles. The van der Waals surface area contributed by atoms with Crippen molar-refractivity contribution in [2.45, 2.75) is 19.8 Å². The van der Waals surface area contributed by atoms with Gasteiger partial charge in [-0.1, -0.05) is 22.0 Å². The number of carbonyl (C=O) groups excluding carboxylic acids is 1. The molecule has 0 spiro atoms. The zero-order valence-electron chi connectivity index (χ0n) is 10.7. The van der Waals surface area contributed by atoms with Gasteiger partial charge in [-0.05, 0) is 36.6 Å². The summed E-state index contributed by atoms with van der Waals surface area (Å²) in [6.07, 6.45) is 1.44. The highest BCUT2D eigenvalue weighted by Crippen LogP contribution is 2.17. The Morgan fingerprint density at radius 2 is 2.11 bits per heavy atom. The molecule has 18 heavy (non-hydrogen) atoms. The van der Waals surface area contributed by atoms with Crippen molar-refractivity contribution in [3.63, 3.8) is 0 Å². The zero-order chi connectivity index (χ0) is 13.0. The van der Waals surface area contributed by atoms with Crippen LogP contribution in [0.1, 0.15) is 17.5 Å². The van der Waals surface area contributed by atoms with E-state index in [4.69, 9.17) is 0 Å². The summed E-state index contributed by atoms with van der Waals surface area (Å²) < 4.78 is 1.08. The smallest absolute Gasteiger partial charge is 0.222 e. The minimum absolute atomic E-state index is 0.274. The Bertz CT molecular complexity index is 428. The molecule has 1 aliphatic rings. The first-order valence-electron chi connectivity index (χ1n) is 6.40. The normalized spacial score (nSPS) is 15.8. The van der Waals surface area contributed by atoms with Gasteiger partial charge in [0.25, 0.3) is 0 Å². The lowest BCUT2D eigenvalue weighted by atomic mass is 10.0. The maximum absolute atomic E-state index is 12.1. The summed E-state index contributed by atoms with van der Waals surface area (Å²) >= 11 is 3.48. The molecule has 1 heterocycles. The minimum atomic E-state index is 0.274. The third kappa shape index (κ3) is 3.56. The third-order valence-corrected chi connectivity index (χ3v) is 3.88. The van der Waals surface area contributed by atoms with Crippen molar-refractivity contribution in [2.75, 3.05) is 26.2 Å². The van der Waals surface area contributed by atoms with Crippen LogP contribution in [0.5, 0.6) is 0 Å². The number of amides is 1. The number of hydrogen-bond acceptors (Lipinski definition) is 2. The van der Waals surface area contributed by atoms with E-state index in [1.807, 2.05) is 11.0 Å². The molecule has 0 aromatic heterocycles. The van der Waals surface area contributed by atoms with Crippen LogP contribution in [-0.4, -0.2) is 37.0 Å². The summed E-state index contributed by atoms with van der Waals surface area (Å²) in [7, 11) is 0. The van der Waals surface area contributed by atoms with Gasteiger partial charge in [0, 0.05) is 37.1 Å². The summed E-state index contributed by atoms with van der Waals surface area (Å²) in [5.41, 5.74) is 2.51. The van der Waals surface area contributed by atoms with E-state index in [9.17, 15) is 4.79 Å². The van der Waals surface area contributed by atoms with Gasteiger partial charge in [0.2, 0.25) is 5.91 Å². The molecule has 98 valence electrons. The first kappa shape index (κ1) is 13.6. The van der Waals surface area contributed by atoms with Crippen LogP contribution in [0.2, 0.25) is 0 Å². The molecule has 0 saturated carbocycles. The lowest BCUT2D eigenvalue weighted by Gasteiger charge is -2.27. The summed E-state index contributed by atoms with van der Waals surface area (Å²) in [5.74, 6) is 0.274. The molecular weight excluding hydrogens is 292 g/mol. The van der Waals surface area contributed by atoms with E-state index >= 15 is 0 Å². The van der Waals surface area contributed by atoms with E-state index in [0.29, 0.717) is 6.42 Å². The van der Waals surface area contributed by atoms with Crippen LogP contribution in [0.4, 0.5) is 0 Å². The number of rotatable bonds is 3. The summed E-state index contributed by atoms with van der Waals surface area (Å²) in [4.78, 5) is 14.0. The molecule has 4 heteroatoms. The van der Waals surface area contributed by atoms with E-state index < -0.39 is 0 Å². The van der Waals surface area contributed by atoms with E-state index in [1.54, 1.807) is 0 Å². The monoisotopic (exact) mass is 310 g/mol. The Hall–Kier alpha value is -0.870. The van der Waals surface area contributed by atoms with Gasteiger partial charge in [-0.15, -0.1) is 0 Å². The van der Waals surface area contributed by atoms with Crippen molar-refractivity contribution >= 4 is 21.8 Å². The van der Waals surface area contributed by atoms with Crippen molar-refractivity contribution in [2.24, 2.45) is 0 Å². The molecular formula is C14H19BrN2O. The third-order valence-electron chi connectivity index (χ3n) is 3.39. The Labute approximate surface area is 117 Å². The predicted molar refractivity (Wildman–Crippen MR) is 76.6 cm³/mol. The largest absolute Gasteiger partial charge is 0.340 e. The number of hydrogen-bond donors (Lipinski definition) is 1. The molecule has 0 aliphatic carbocycles. The van der Waals surface area contributed by atoms with Crippen LogP contribution < -0.4 is 5.32 Å². The van der Waals surface area contributed by atoms with Gasteiger partial charge in [-0.3, -0.25) is 4.79 Å².